The van der Waals surface area contributed by atoms with Crippen LogP contribution in [0.5, 0.6) is 0 Å². The molecule has 0 spiro atoms. The molecule has 1 amide bonds. The molecule has 23 heavy (non-hydrogen) atoms. The Balaban J connectivity index is 1.54. The number of aromatic nitrogens is 4. The van der Waals surface area contributed by atoms with Gasteiger partial charge in [0.2, 0.25) is 5.91 Å². The van der Waals surface area contributed by atoms with Gasteiger partial charge in [-0.25, -0.2) is 0 Å². The summed E-state index contributed by atoms with van der Waals surface area (Å²) in [6.07, 6.45) is 5.31. The highest BCUT2D eigenvalue weighted by molar-refractivity contribution is 5.91. The first kappa shape index (κ1) is 15.6. The second kappa shape index (κ2) is 6.87. The van der Waals surface area contributed by atoms with Crippen LogP contribution in [0.1, 0.15) is 49.9 Å². The molecule has 1 saturated carbocycles. The molecule has 0 aliphatic heterocycles. The first-order valence-electron chi connectivity index (χ1n) is 7.96. The second-order valence-corrected chi connectivity index (χ2v) is 6.21. The average Bonchev–Trinajstić information content (AvgIpc) is 3.02. The minimum Gasteiger partial charge on any atom is -0.389 e. The van der Waals surface area contributed by atoms with Crippen LogP contribution in [0.25, 0.3) is 0 Å². The fraction of sp³-hybridized carbons (Fsp3) is 0.500. The number of carbonyl (C=O) groups excluding carboxylic acids is 1. The average molecular weight is 315 g/mol. The van der Waals surface area contributed by atoms with Gasteiger partial charge in [0.05, 0.1) is 12.0 Å². The highest BCUT2D eigenvalue weighted by Gasteiger charge is 2.31. The molecule has 0 unspecified atom stereocenters. The quantitative estimate of drug-likeness (QED) is 0.780. The molecule has 1 heterocycles. The fourth-order valence-electron chi connectivity index (χ4n) is 3.04. The Morgan fingerprint density at radius 2 is 1.96 bits per heavy atom. The van der Waals surface area contributed by atoms with Gasteiger partial charge in [-0.05, 0) is 30.5 Å². The van der Waals surface area contributed by atoms with Crippen LogP contribution in [0.2, 0.25) is 0 Å². The number of nitrogens with zero attached hydrogens (tertiary/aromatic N) is 3. The van der Waals surface area contributed by atoms with E-state index < -0.39 is 5.60 Å². The van der Waals surface area contributed by atoms with E-state index in [9.17, 15) is 9.90 Å². The van der Waals surface area contributed by atoms with Crippen LogP contribution in [0.3, 0.4) is 0 Å². The summed E-state index contributed by atoms with van der Waals surface area (Å²) in [7, 11) is 0. The number of hydrogen-bond acceptors (Lipinski definition) is 5. The summed E-state index contributed by atoms with van der Waals surface area (Å²) in [5, 5.41) is 27.0. The van der Waals surface area contributed by atoms with Crippen molar-refractivity contribution in [3.8, 4) is 0 Å². The van der Waals surface area contributed by atoms with Crippen LogP contribution in [0.4, 0.5) is 5.69 Å². The van der Waals surface area contributed by atoms with E-state index in [1.165, 1.54) is 0 Å². The summed E-state index contributed by atoms with van der Waals surface area (Å²) < 4.78 is 0. The zero-order valence-corrected chi connectivity index (χ0v) is 13.0. The van der Waals surface area contributed by atoms with Crippen molar-refractivity contribution in [1.82, 2.24) is 20.6 Å². The normalized spacial score (nSPS) is 16.9. The number of tetrazole rings is 1. The SMILES string of the molecule is O=C(CC1(O)CCCCC1)Nc1ccc(Cc2nn[nH]n2)cc1. The van der Waals surface area contributed by atoms with Gasteiger partial charge < -0.3 is 10.4 Å². The van der Waals surface area contributed by atoms with Crippen molar-refractivity contribution < 1.29 is 9.90 Å². The number of aliphatic hydroxyl groups is 1. The van der Waals surface area contributed by atoms with E-state index in [0.29, 0.717) is 25.1 Å². The zero-order chi connectivity index (χ0) is 16.1. The predicted octanol–water partition coefficient (Wildman–Crippen LogP) is 1.81. The molecule has 0 bridgehead atoms. The van der Waals surface area contributed by atoms with Gasteiger partial charge in [-0.15, -0.1) is 10.2 Å². The maximum Gasteiger partial charge on any atom is 0.227 e. The first-order chi connectivity index (χ1) is 11.1. The van der Waals surface area contributed by atoms with Crippen LogP contribution in [0, 0.1) is 0 Å². The lowest BCUT2D eigenvalue weighted by atomic mass is 9.82. The summed E-state index contributed by atoms with van der Waals surface area (Å²) >= 11 is 0. The molecule has 0 saturated heterocycles. The van der Waals surface area contributed by atoms with Crippen molar-refractivity contribution in [1.29, 1.82) is 0 Å². The minimum atomic E-state index is -0.832. The van der Waals surface area contributed by atoms with Crippen molar-refractivity contribution in [2.45, 2.75) is 50.5 Å². The van der Waals surface area contributed by atoms with Crippen LogP contribution < -0.4 is 5.32 Å². The number of nitrogens with one attached hydrogen (secondary N) is 2. The zero-order valence-electron chi connectivity index (χ0n) is 13.0. The van der Waals surface area contributed by atoms with Crippen molar-refractivity contribution >= 4 is 11.6 Å². The number of carbonyl (C=O) groups is 1. The van der Waals surface area contributed by atoms with Crippen LogP contribution in [-0.2, 0) is 11.2 Å². The highest BCUT2D eigenvalue weighted by atomic mass is 16.3. The summed E-state index contributed by atoms with van der Waals surface area (Å²) in [4.78, 5) is 12.1. The molecule has 0 atom stereocenters. The number of aromatic amines is 1. The van der Waals surface area contributed by atoms with Gasteiger partial charge in [-0.3, -0.25) is 4.79 Å². The Labute approximate surface area is 134 Å². The van der Waals surface area contributed by atoms with Gasteiger partial charge in [0, 0.05) is 12.1 Å². The highest BCUT2D eigenvalue weighted by Crippen LogP contribution is 2.31. The van der Waals surface area contributed by atoms with Crippen molar-refractivity contribution in [2.24, 2.45) is 0 Å². The number of amides is 1. The number of H-pyrrole nitrogens is 1. The molecule has 0 radical (unpaired) electrons. The van der Waals surface area contributed by atoms with E-state index in [1.54, 1.807) is 0 Å². The van der Waals surface area contributed by atoms with E-state index in [-0.39, 0.29) is 12.3 Å². The Hall–Kier alpha value is -2.28. The number of anilines is 1. The monoisotopic (exact) mass is 315 g/mol. The molecular weight excluding hydrogens is 294 g/mol. The molecule has 1 aromatic carbocycles. The Bertz CT molecular complexity index is 633. The number of benzene rings is 1. The van der Waals surface area contributed by atoms with Crippen LogP contribution in [-0.4, -0.2) is 37.2 Å². The Kier molecular flexibility index (Phi) is 4.66. The molecule has 3 rings (SSSR count). The standard InChI is InChI=1S/C16H21N5O2/c22-15(11-16(23)8-2-1-3-9-16)17-13-6-4-12(5-7-13)10-14-18-20-21-19-14/h4-7,23H,1-3,8-11H2,(H,17,22)(H,18,19,20,21). The van der Waals surface area contributed by atoms with Gasteiger partial charge >= 0.3 is 0 Å². The van der Waals surface area contributed by atoms with E-state index in [4.69, 9.17) is 0 Å². The Morgan fingerprint density at radius 1 is 1.22 bits per heavy atom. The summed E-state index contributed by atoms with van der Waals surface area (Å²) in [6, 6.07) is 7.53. The van der Waals surface area contributed by atoms with Crippen LogP contribution in [0.15, 0.2) is 24.3 Å². The molecule has 1 fully saturated rings. The molecule has 1 aliphatic rings. The molecule has 7 nitrogen and oxygen atoms in total. The van der Waals surface area contributed by atoms with Crippen molar-refractivity contribution in [3.05, 3.63) is 35.7 Å². The lowest BCUT2D eigenvalue weighted by Crippen LogP contribution is -2.35. The number of hydrogen-bond donors (Lipinski definition) is 3. The molecule has 122 valence electrons. The first-order valence-corrected chi connectivity index (χ1v) is 7.96. The van der Waals surface area contributed by atoms with Gasteiger partial charge in [0.1, 0.15) is 0 Å². The predicted molar refractivity (Wildman–Crippen MR) is 84.7 cm³/mol. The molecule has 3 N–H and O–H groups in total. The maximum atomic E-state index is 12.1. The van der Waals surface area contributed by atoms with E-state index >= 15 is 0 Å². The van der Waals surface area contributed by atoms with Gasteiger partial charge in [-0.1, -0.05) is 36.6 Å². The van der Waals surface area contributed by atoms with Crippen molar-refractivity contribution in [3.63, 3.8) is 0 Å². The summed E-state index contributed by atoms with van der Waals surface area (Å²) in [6.45, 7) is 0. The Morgan fingerprint density at radius 3 is 2.61 bits per heavy atom. The minimum absolute atomic E-state index is 0.139. The summed E-state index contributed by atoms with van der Waals surface area (Å²) in [5.74, 6) is 0.488. The molecule has 7 heteroatoms. The van der Waals surface area contributed by atoms with E-state index in [0.717, 1.165) is 30.5 Å². The summed E-state index contributed by atoms with van der Waals surface area (Å²) in [5.41, 5.74) is 0.933. The third-order valence-corrected chi connectivity index (χ3v) is 4.26. The van der Waals surface area contributed by atoms with E-state index in [2.05, 4.69) is 25.9 Å². The number of rotatable bonds is 5. The third kappa shape index (κ3) is 4.35. The molecule has 1 aliphatic carbocycles. The largest absolute Gasteiger partial charge is 0.389 e. The van der Waals surface area contributed by atoms with Gasteiger partial charge in [0.15, 0.2) is 5.82 Å². The molecule has 2 aromatic rings. The van der Waals surface area contributed by atoms with E-state index in [1.807, 2.05) is 24.3 Å². The third-order valence-electron chi connectivity index (χ3n) is 4.26. The maximum absolute atomic E-state index is 12.1. The lowest BCUT2D eigenvalue weighted by molar-refractivity contribution is -0.122. The van der Waals surface area contributed by atoms with Gasteiger partial charge in [0.25, 0.3) is 0 Å². The van der Waals surface area contributed by atoms with Crippen molar-refractivity contribution in [2.75, 3.05) is 5.32 Å². The van der Waals surface area contributed by atoms with Gasteiger partial charge in [-0.2, -0.15) is 5.21 Å². The van der Waals surface area contributed by atoms with Crippen LogP contribution >= 0.6 is 0 Å². The smallest absolute Gasteiger partial charge is 0.227 e. The second-order valence-electron chi connectivity index (χ2n) is 6.21. The lowest BCUT2D eigenvalue weighted by Gasteiger charge is -2.31. The molecular formula is C16H21N5O2. The fourth-order valence-corrected chi connectivity index (χ4v) is 3.04. The molecule has 1 aromatic heterocycles. The topological polar surface area (TPSA) is 104 Å².